The standard InChI is InChI=1S/C24H32N4O3.HI/c1-18(31-22-8-5-4-7-21(22)30-3)15-26-24(25-2)27-16-19-10-12-20(13-11-19)17-28-14-6-9-23(28)29;/h4-5,7-8,10-13,18H,6,9,14-17H2,1-3H3,(H2,25,26,27);1H. The molecule has 0 radical (unpaired) electrons. The van der Waals surface area contributed by atoms with Gasteiger partial charge in [-0.1, -0.05) is 36.4 Å². The fourth-order valence-electron chi connectivity index (χ4n) is 3.48. The van der Waals surface area contributed by atoms with Crippen molar-refractivity contribution in [2.24, 2.45) is 4.99 Å². The van der Waals surface area contributed by atoms with Crippen molar-refractivity contribution in [2.75, 3.05) is 27.2 Å². The van der Waals surface area contributed by atoms with Crippen LogP contribution in [0.2, 0.25) is 0 Å². The number of halogens is 1. The predicted octanol–water partition coefficient (Wildman–Crippen LogP) is 3.57. The summed E-state index contributed by atoms with van der Waals surface area (Å²) in [6, 6.07) is 16.0. The Morgan fingerprint density at radius 3 is 2.41 bits per heavy atom. The first-order chi connectivity index (χ1) is 15.1. The van der Waals surface area contributed by atoms with Gasteiger partial charge in [0.05, 0.1) is 13.7 Å². The molecule has 8 heteroatoms. The van der Waals surface area contributed by atoms with Crippen molar-refractivity contribution in [1.82, 2.24) is 15.5 Å². The smallest absolute Gasteiger partial charge is 0.222 e. The van der Waals surface area contributed by atoms with Crippen LogP contribution < -0.4 is 20.1 Å². The van der Waals surface area contributed by atoms with Crippen LogP contribution in [0, 0.1) is 0 Å². The third-order valence-electron chi connectivity index (χ3n) is 5.21. The summed E-state index contributed by atoms with van der Waals surface area (Å²) in [4.78, 5) is 18.0. The van der Waals surface area contributed by atoms with Crippen molar-refractivity contribution in [3.63, 3.8) is 0 Å². The number of guanidine groups is 1. The van der Waals surface area contributed by atoms with Crippen LogP contribution in [0.4, 0.5) is 0 Å². The van der Waals surface area contributed by atoms with E-state index < -0.39 is 0 Å². The minimum atomic E-state index is -0.0672. The summed E-state index contributed by atoms with van der Waals surface area (Å²) in [5.74, 6) is 2.40. The zero-order valence-electron chi connectivity index (χ0n) is 19.0. The molecule has 1 aliphatic heterocycles. The fourth-order valence-corrected chi connectivity index (χ4v) is 3.48. The molecular formula is C24H33IN4O3. The predicted molar refractivity (Wildman–Crippen MR) is 138 cm³/mol. The minimum Gasteiger partial charge on any atom is -0.493 e. The van der Waals surface area contributed by atoms with Gasteiger partial charge in [-0.15, -0.1) is 24.0 Å². The highest BCUT2D eigenvalue weighted by Crippen LogP contribution is 2.26. The van der Waals surface area contributed by atoms with Crippen LogP contribution >= 0.6 is 24.0 Å². The number of amides is 1. The first-order valence-electron chi connectivity index (χ1n) is 10.7. The van der Waals surface area contributed by atoms with Gasteiger partial charge in [0.2, 0.25) is 5.91 Å². The monoisotopic (exact) mass is 552 g/mol. The highest BCUT2D eigenvalue weighted by molar-refractivity contribution is 14.0. The van der Waals surface area contributed by atoms with E-state index in [0.717, 1.165) is 35.6 Å². The normalized spacial score (nSPS) is 14.5. The van der Waals surface area contributed by atoms with Crippen LogP contribution in [0.1, 0.15) is 30.9 Å². The van der Waals surface area contributed by atoms with E-state index in [1.807, 2.05) is 36.1 Å². The highest BCUT2D eigenvalue weighted by atomic mass is 127. The lowest BCUT2D eigenvalue weighted by Gasteiger charge is -2.19. The Bertz CT molecular complexity index is 889. The van der Waals surface area contributed by atoms with Crippen LogP contribution in [0.3, 0.4) is 0 Å². The maximum Gasteiger partial charge on any atom is 0.222 e. The van der Waals surface area contributed by atoms with Crippen molar-refractivity contribution in [3.05, 3.63) is 59.7 Å². The highest BCUT2D eigenvalue weighted by Gasteiger charge is 2.19. The zero-order valence-corrected chi connectivity index (χ0v) is 21.3. The average molecular weight is 552 g/mol. The molecule has 1 amide bonds. The van der Waals surface area contributed by atoms with Gasteiger partial charge in [-0.2, -0.15) is 0 Å². The molecule has 0 saturated carbocycles. The van der Waals surface area contributed by atoms with E-state index in [9.17, 15) is 4.79 Å². The topological polar surface area (TPSA) is 75.2 Å². The number of carbonyl (C=O) groups excluding carboxylic acids is 1. The summed E-state index contributed by atoms with van der Waals surface area (Å²) < 4.78 is 11.3. The summed E-state index contributed by atoms with van der Waals surface area (Å²) in [6.07, 6.45) is 1.58. The summed E-state index contributed by atoms with van der Waals surface area (Å²) in [6.45, 7) is 4.81. The molecule has 0 bridgehead atoms. The molecule has 0 spiro atoms. The van der Waals surface area contributed by atoms with E-state index in [4.69, 9.17) is 9.47 Å². The third kappa shape index (κ3) is 7.58. The van der Waals surface area contributed by atoms with Crippen molar-refractivity contribution >= 4 is 35.8 Å². The number of carbonyl (C=O) groups is 1. The summed E-state index contributed by atoms with van der Waals surface area (Å²) in [5, 5.41) is 6.61. The number of para-hydroxylation sites is 2. The number of likely N-dealkylation sites (tertiary alicyclic amines) is 1. The lowest BCUT2D eigenvalue weighted by atomic mass is 10.1. The van der Waals surface area contributed by atoms with E-state index in [1.54, 1.807) is 14.2 Å². The molecule has 1 atom stereocenters. The van der Waals surface area contributed by atoms with E-state index >= 15 is 0 Å². The Morgan fingerprint density at radius 1 is 1.09 bits per heavy atom. The van der Waals surface area contributed by atoms with Gasteiger partial charge in [0.15, 0.2) is 17.5 Å². The second kappa shape index (κ2) is 13.1. The molecule has 2 aromatic carbocycles. The van der Waals surface area contributed by atoms with E-state index in [1.165, 1.54) is 0 Å². The summed E-state index contributed by atoms with van der Waals surface area (Å²) >= 11 is 0. The second-order valence-corrected chi connectivity index (χ2v) is 7.62. The van der Waals surface area contributed by atoms with Gasteiger partial charge in [-0.05, 0) is 36.6 Å². The number of ether oxygens (including phenoxy) is 2. The molecule has 1 fully saturated rings. The minimum absolute atomic E-state index is 0. The van der Waals surface area contributed by atoms with Gasteiger partial charge in [-0.3, -0.25) is 9.79 Å². The molecule has 1 saturated heterocycles. The van der Waals surface area contributed by atoms with Gasteiger partial charge in [0, 0.05) is 33.1 Å². The van der Waals surface area contributed by atoms with Crippen molar-refractivity contribution in [1.29, 1.82) is 0 Å². The Kier molecular flexibility index (Phi) is 10.6. The number of hydrogen-bond acceptors (Lipinski definition) is 4. The number of benzene rings is 2. The number of nitrogens with one attached hydrogen (secondary N) is 2. The second-order valence-electron chi connectivity index (χ2n) is 7.62. The van der Waals surface area contributed by atoms with Crippen LogP contribution in [0.15, 0.2) is 53.5 Å². The Labute approximate surface area is 207 Å². The molecule has 1 heterocycles. The van der Waals surface area contributed by atoms with Crippen LogP contribution in [-0.2, 0) is 17.9 Å². The first-order valence-corrected chi connectivity index (χ1v) is 10.7. The van der Waals surface area contributed by atoms with Crippen molar-refractivity contribution in [3.8, 4) is 11.5 Å². The molecule has 32 heavy (non-hydrogen) atoms. The van der Waals surface area contributed by atoms with Gasteiger partial charge < -0.3 is 25.0 Å². The summed E-state index contributed by atoms with van der Waals surface area (Å²) in [5.41, 5.74) is 2.31. The van der Waals surface area contributed by atoms with Crippen LogP contribution in [0.25, 0.3) is 0 Å². The number of methoxy groups -OCH3 is 1. The average Bonchev–Trinajstić information content (AvgIpc) is 3.19. The maximum absolute atomic E-state index is 11.8. The number of rotatable bonds is 9. The molecule has 0 aromatic heterocycles. The molecular weight excluding hydrogens is 519 g/mol. The Hall–Kier alpha value is -2.49. The lowest BCUT2D eigenvalue weighted by Crippen LogP contribution is -2.41. The van der Waals surface area contributed by atoms with Crippen LogP contribution in [-0.4, -0.2) is 50.1 Å². The molecule has 2 aromatic rings. The number of nitrogens with zero attached hydrogens (tertiary/aromatic N) is 2. The van der Waals surface area contributed by atoms with Gasteiger partial charge in [-0.25, -0.2) is 0 Å². The Balaban J connectivity index is 0.00000363. The fraction of sp³-hybridized carbons (Fsp3) is 0.417. The molecule has 174 valence electrons. The maximum atomic E-state index is 11.8. The molecule has 7 nitrogen and oxygen atoms in total. The lowest BCUT2D eigenvalue weighted by molar-refractivity contribution is -0.128. The van der Waals surface area contributed by atoms with Gasteiger partial charge in [0.1, 0.15) is 6.10 Å². The molecule has 3 rings (SSSR count). The third-order valence-corrected chi connectivity index (χ3v) is 5.21. The van der Waals surface area contributed by atoms with Crippen molar-refractivity contribution < 1.29 is 14.3 Å². The molecule has 2 N–H and O–H groups in total. The first kappa shape index (κ1) is 25.8. The van der Waals surface area contributed by atoms with Crippen molar-refractivity contribution in [2.45, 2.75) is 39.0 Å². The van der Waals surface area contributed by atoms with E-state index in [-0.39, 0.29) is 36.0 Å². The Morgan fingerprint density at radius 2 is 1.78 bits per heavy atom. The molecule has 1 unspecified atom stereocenters. The zero-order chi connectivity index (χ0) is 22.1. The SMILES string of the molecule is CN=C(NCc1ccc(CN2CCCC2=O)cc1)NCC(C)Oc1ccccc1OC.I. The quantitative estimate of drug-likeness (QED) is 0.283. The number of hydrogen-bond donors (Lipinski definition) is 2. The van der Waals surface area contributed by atoms with Gasteiger partial charge in [0.25, 0.3) is 0 Å². The van der Waals surface area contributed by atoms with Gasteiger partial charge >= 0.3 is 0 Å². The van der Waals surface area contributed by atoms with E-state index in [0.29, 0.717) is 32.0 Å². The molecule has 1 aliphatic rings. The largest absolute Gasteiger partial charge is 0.493 e. The number of aliphatic imine (C=N–C) groups is 1. The summed E-state index contributed by atoms with van der Waals surface area (Å²) in [7, 11) is 3.38. The molecule has 0 aliphatic carbocycles. The van der Waals surface area contributed by atoms with E-state index in [2.05, 4.69) is 39.9 Å². The van der Waals surface area contributed by atoms with Crippen LogP contribution in [0.5, 0.6) is 11.5 Å².